The SMILES string of the molecule is CC(C)C1CC1C.CC(C)C1CC1C(C)C.CC1(C)CC1(C)C.CC1CC1(C)C. The van der Waals surface area contributed by atoms with Crippen LogP contribution in [-0.2, 0) is 0 Å². The van der Waals surface area contributed by atoms with Crippen molar-refractivity contribution in [2.24, 2.45) is 63.6 Å². The van der Waals surface area contributed by atoms with Crippen molar-refractivity contribution in [3.05, 3.63) is 0 Å². The quantitative estimate of drug-likeness (QED) is 0.437. The van der Waals surface area contributed by atoms with Gasteiger partial charge in [0.25, 0.3) is 0 Å². The van der Waals surface area contributed by atoms with E-state index in [9.17, 15) is 0 Å². The molecule has 0 saturated heterocycles. The molecule has 29 heavy (non-hydrogen) atoms. The minimum atomic E-state index is 0.646. The molecule has 174 valence electrons. The Bertz CT molecular complexity index is 466. The molecule has 0 aromatic rings. The first kappa shape index (κ1) is 27.0. The summed E-state index contributed by atoms with van der Waals surface area (Å²) in [6, 6.07) is 0. The Morgan fingerprint density at radius 1 is 0.586 bits per heavy atom. The molecule has 0 N–H and O–H groups in total. The Balaban J connectivity index is 0.000000195. The lowest BCUT2D eigenvalue weighted by Crippen LogP contribution is -1.97. The Morgan fingerprint density at radius 3 is 0.862 bits per heavy atom. The van der Waals surface area contributed by atoms with Crippen LogP contribution in [0.2, 0.25) is 0 Å². The third-order valence-corrected chi connectivity index (χ3v) is 9.23. The molecule has 4 saturated carbocycles. The Labute approximate surface area is 186 Å². The van der Waals surface area contributed by atoms with Crippen LogP contribution in [0.15, 0.2) is 0 Å². The van der Waals surface area contributed by atoms with Gasteiger partial charge >= 0.3 is 0 Å². The molecule has 4 rings (SSSR count). The van der Waals surface area contributed by atoms with Crippen molar-refractivity contribution in [2.75, 3.05) is 0 Å². The summed E-state index contributed by atoms with van der Waals surface area (Å²) in [6.45, 7) is 32.6. The van der Waals surface area contributed by atoms with Crippen LogP contribution < -0.4 is 0 Å². The molecule has 4 aliphatic rings. The second-order valence-electron chi connectivity index (χ2n) is 14.2. The van der Waals surface area contributed by atoms with Crippen LogP contribution in [0.3, 0.4) is 0 Å². The molecule has 0 nitrogen and oxygen atoms in total. The van der Waals surface area contributed by atoms with E-state index >= 15 is 0 Å². The fourth-order valence-corrected chi connectivity index (χ4v) is 4.84. The Kier molecular flexibility index (Phi) is 8.99. The van der Waals surface area contributed by atoms with E-state index in [1.165, 1.54) is 25.7 Å². The van der Waals surface area contributed by atoms with Crippen molar-refractivity contribution in [3.8, 4) is 0 Å². The fraction of sp³-hybridized carbons (Fsp3) is 1.00. The maximum atomic E-state index is 2.34. The van der Waals surface area contributed by atoms with Crippen LogP contribution in [0.5, 0.6) is 0 Å². The van der Waals surface area contributed by atoms with Gasteiger partial charge < -0.3 is 0 Å². The van der Waals surface area contributed by atoms with Crippen LogP contribution in [-0.4, -0.2) is 0 Å². The molecule has 0 bridgehead atoms. The van der Waals surface area contributed by atoms with Gasteiger partial charge in [0.1, 0.15) is 0 Å². The lowest BCUT2D eigenvalue weighted by molar-refractivity contribution is 0.448. The standard InChI is InChI=1S/C9H18.2C7H14.C6H12/c1-6(2)8-5-9(8)7(3)4;1-6(2)5-7(6,3)4;1-5(2)7-4-6(7)3;1-5-4-6(5,2)3/h6-9H,5H2,1-4H3;5H2,1-4H3;5-7H,4H2,1-3H3;5H,4H2,1-3H3. The van der Waals surface area contributed by atoms with Crippen molar-refractivity contribution in [1.29, 1.82) is 0 Å². The number of rotatable bonds is 3. The predicted octanol–water partition coefficient (Wildman–Crippen LogP) is 9.73. The molecular formula is C29H58. The molecule has 0 aromatic heterocycles. The molecule has 0 heterocycles. The predicted molar refractivity (Wildman–Crippen MR) is 133 cm³/mol. The van der Waals surface area contributed by atoms with E-state index in [1.54, 1.807) is 0 Å². The monoisotopic (exact) mass is 406 g/mol. The Morgan fingerprint density at radius 2 is 0.828 bits per heavy atom. The average Bonchev–Trinajstić information content (AvgIpc) is 3.39. The molecular weight excluding hydrogens is 348 g/mol. The topological polar surface area (TPSA) is 0 Å². The van der Waals surface area contributed by atoms with Gasteiger partial charge in [-0.15, -0.1) is 0 Å². The van der Waals surface area contributed by atoms with E-state index in [4.69, 9.17) is 0 Å². The van der Waals surface area contributed by atoms with Gasteiger partial charge in [-0.1, -0.05) is 96.9 Å². The van der Waals surface area contributed by atoms with E-state index < -0.39 is 0 Å². The summed E-state index contributed by atoms with van der Waals surface area (Å²) >= 11 is 0. The molecule has 0 aliphatic heterocycles. The summed E-state index contributed by atoms with van der Waals surface area (Å²) in [5.74, 6) is 8.03. The van der Waals surface area contributed by atoms with Gasteiger partial charge in [0.05, 0.1) is 0 Å². The molecule has 4 fully saturated rings. The number of hydrogen-bond acceptors (Lipinski definition) is 0. The minimum Gasteiger partial charge on any atom is -0.0625 e. The normalized spacial score (nSPS) is 36.1. The first-order valence-electron chi connectivity index (χ1n) is 12.9. The zero-order chi connectivity index (χ0) is 22.9. The highest BCUT2D eigenvalue weighted by Crippen LogP contribution is 2.62. The third-order valence-electron chi connectivity index (χ3n) is 9.23. The lowest BCUT2D eigenvalue weighted by Gasteiger charge is -2.04. The molecule has 0 amide bonds. The van der Waals surface area contributed by atoms with Gasteiger partial charge in [-0.05, 0) is 89.3 Å². The second kappa shape index (κ2) is 9.65. The van der Waals surface area contributed by atoms with E-state index in [0.717, 1.165) is 47.3 Å². The van der Waals surface area contributed by atoms with Gasteiger partial charge in [0, 0.05) is 0 Å². The van der Waals surface area contributed by atoms with Crippen molar-refractivity contribution in [1.82, 2.24) is 0 Å². The minimum absolute atomic E-state index is 0.646. The molecule has 0 heteroatoms. The van der Waals surface area contributed by atoms with Crippen LogP contribution in [0.1, 0.15) is 123 Å². The molecule has 4 aliphatic carbocycles. The van der Waals surface area contributed by atoms with Crippen LogP contribution in [0, 0.1) is 63.6 Å². The third kappa shape index (κ3) is 8.95. The smallest absolute Gasteiger partial charge is 0.0297 e. The summed E-state index contributed by atoms with van der Waals surface area (Å²) in [5.41, 5.74) is 2.00. The van der Waals surface area contributed by atoms with Gasteiger partial charge in [-0.3, -0.25) is 0 Å². The highest BCUT2D eigenvalue weighted by molar-refractivity contribution is 5.02. The van der Waals surface area contributed by atoms with Crippen LogP contribution >= 0.6 is 0 Å². The van der Waals surface area contributed by atoms with Crippen molar-refractivity contribution in [2.45, 2.75) is 123 Å². The van der Waals surface area contributed by atoms with Gasteiger partial charge in [-0.2, -0.15) is 0 Å². The summed E-state index contributed by atoms with van der Waals surface area (Å²) in [5, 5.41) is 0. The first-order chi connectivity index (χ1) is 12.9. The van der Waals surface area contributed by atoms with Crippen molar-refractivity contribution >= 4 is 0 Å². The lowest BCUT2D eigenvalue weighted by atomic mass is 10.0. The van der Waals surface area contributed by atoms with Gasteiger partial charge in [-0.25, -0.2) is 0 Å². The fourth-order valence-electron chi connectivity index (χ4n) is 4.84. The second-order valence-corrected chi connectivity index (χ2v) is 14.2. The van der Waals surface area contributed by atoms with Crippen LogP contribution in [0.4, 0.5) is 0 Å². The van der Waals surface area contributed by atoms with Gasteiger partial charge in [0.15, 0.2) is 0 Å². The van der Waals surface area contributed by atoms with Crippen LogP contribution in [0.25, 0.3) is 0 Å². The summed E-state index contributed by atoms with van der Waals surface area (Å²) in [6.07, 6.45) is 5.82. The summed E-state index contributed by atoms with van der Waals surface area (Å²) in [7, 11) is 0. The van der Waals surface area contributed by atoms with Gasteiger partial charge in [0.2, 0.25) is 0 Å². The maximum absolute atomic E-state index is 2.34. The zero-order valence-corrected chi connectivity index (χ0v) is 22.9. The summed E-state index contributed by atoms with van der Waals surface area (Å²) in [4.78, 5) is 0. The summed E-state index contributed by atoms with van der Waals surface area (Å²) < 4.78 is 0. The molecule has 5 unspecified atom stereocenters. The van der Waals surface area contributed by atoms with Crippen molar-refractivity contribution in [3.63, 3.8) is 0 Å². The van der Waals surface area contributed by atoms with E-state index in [0.29, 0.717) is 16.2 Å². The average molecular weight is 407 g/mol. The molecule has 0 radical (unpaired) electrons. The molecule has 5 atom stereocenters. The first-order valence-corrected chi connectivity index (χ1v) is 12.9. The molecule has 0 spiro atoms. The van der Waals surface area contributed by atoms with E-state index in [2.05, 4.69) is 96.9 Å². The largest absolute Gasteiger partial charge is 0.0625 e. The van der Waals surface area contributed by atoms with E-state index in [1.807, 2.05) is 0 Å². The highest BCUT2D eigenvalue weighted by atomic mass is 14.6. The van der Waals surface area contributed by atoms with E-state index in [-0.39, 0.29) is 0 Å². The zero-order valence-electron chi connectivity index (χ0n) is 22.9. The maximum Gasteiger partial charge on any atom is -0.0297 e. The molecule has 0 aromatic carbocycles. The number of hydrogen-bond donors (Lipinski definition) is 0. The Hall–Kier alpha value is 0. The van der Waals surface area contributed by atoms with Crippen molar-refractivity contribution < 1.29 is 0 Å². The highest BCUT2D eigenvalue weighted by Gasteiger charge is 2.53.